The number of hydrogen-bond donors (Lipinski definition) is 0. The van der Waals surface area contributed by atoms with E-state index in [4.69, 9.17) is 4.74 Å². The van der Waals surface area contributed by atoms with E-state index in [9.17, 15) is 14.9 Å². The molecule has 1 aromatic rings. The Morgan fingerprint density at radius 3 is 2.65 bits per heavy atom. The van der Waals surface area contributed by atoms with Crippen molar-refractivity contribution < 1.29 is 14.5 Å². The van der Waals surface area contributed by atoms with Crippen LogP contribution in [0.5, 0.6) is 5.75 Å². The maximum Gasteiger partial charge on any atom is 0.270 e. The highest BCUT2D eigenvalue weighted by atomic mass is 16.6. The van der Waals surface area contributed by atoms with Crippen molar-refractivity contribution >= 4 is 12.0 Å². The van der Waals surface area contributed by atoms with Gasteiger partial charge in [0.25, 0.3) is 5.69 Å². The Kier molecular flexibility index (Phi) is 4.37. The fourth-order valence-electron chi connectivity index (χ4n) is 2.63. The summed E-state index contributed by atoms with van der Waals surface area (Å²) in [5, 5.41) is 10.7. The first-order valence-electron chi connectivity index (χ1n) is 6.91. The molecule has 0 spiro atoms. The lowest BCUT2D eigenvalue weighted by molar-refractivity contribution is -0.384. The number of hydrogen-bond acceptors (Lipinski definition) is 4. The average molecular weight is 277 g/mol. The molecule has 3 unspecified atom stereocenters. The van der Waals surface area contributed by atoms with Crippen molar-refractivity contribution in [1.82, 2.24) is 0 Å². The van der Waals surface area contributed by atoms with Crippen LogP contribution in [-0.4, -0.2) is 17.3 Å². The first-order chi connectivity index (χ1) is 9.51. The molecule has 5 heteroatoms. The predicted molar refractivity (Wildman–Crippen MR) is 75.1 cm³/mol. The molecule has 3 atom stereocenters. The topological polar surface area (TPSA) is 69.4 Å². The third kappa shape index (κ3) is 3.15. The quantitative estimate of drug-likeness (QED) is 0.479. The molecule has 0 radical (unpaired) electrons. The van der Waals surface area contributed by atoms with E-state index in [1.807, 2.05) is 0 Å². The van der Waals surface area contributed by atoms with Crippen LogP contribution in [0.2, 0.25) is 0 Å². The number of carbonyl (C=O) groups is 1. The minimum Gasteiger partial charge on any atom is -0.490 e. The van der Waals surface area contributed by atoms with Gasteiger partial charge in [-0.05, 0) is 37.2 Å². The van der Waals surface area contributed by atoms with Crippen LogP contribution in [0.15, 0.2) is 18.2 Å². The molecule has 0 bridgehead atoms. The van der Waals surface area contributed by atoms with E-state index in [0.717, 1.165) is 19.3 Å². The summed E-state index contributed by atoms with van der Waals surface area (Å²) in [4.78, 5) is 21.2. The minimum atomic E-state index is -0.513. The van der Waals surface area contributed by atoms with Gasteiger partial charge in [-0.15, -0.1) is 0 Å². The summed E-state index contributed by atoms with van der Waals surface area (Å²) in [6.45, 7) is 4.44. The van der Waals surface area contributed by atoms with Gasteiger partial charge in [-0.3, -0.25) is 14.9 Å². The summed E-state index contributed by atoms with van der Waals surface area (Å²) in [5.41, 5.74) is 0.149. The number of ether oxygens (including phenoxy) is 1. The molecule has 20 heavy (non-hydrogen) atoms. The van der Waals surface area contributed by atoms with Crippen molar-refractivity contribution in [1.29, 1.82) is 0 Å². The predicted octanol–water partition coefficient (Wildman–Crippen LogP) is 3.61. The second kappa shape index (κ2) is 6.03. The lowest BCUT2D eigenvalue weighted by Gasteiger charge is -2.32. The van der Waals surface area contributed by atoms with Crippen molar-refractivity contribution in [2.24, 2.45) is 11.8 Å². The molecule has 0 N–H and O–H groups in total. The molecule has 0 heterocycles. The number of carbonyl (C=O) groups excluding carboxylic acids is 1. The highest BCUT2D eigenvalue weighted by Gasteiger charge is 2.26. The van der Waals surface area contributed by atoms with Crippen LogP contribution in [0.25, 0.3) is 0 Å². The van der Waals surface area contributed by atoms with Gasteiger partial charge in [-0.1, -0.05) is 13.8 Å². The Labute approximate surface area is 118 Å². The molecule has 0 aliphatic heterocycles. The van der Waals surface area contributed by atoms with Gasteiger partial charge in [0.05, 0.1) is 16.6 Å². The van der Waals surface area contributed by atoms with Crippen LogP contribution in [0.1, 0.15) is 43.5 Å². The largest absolute Gasteiger partial charge is 0.490 e. The van der Waals surface area contributed by atoms with Gasteiger partial charge >= 0.3 is 0 Å². The van der Waals surface area contributed by atoms with E-state index < -0.39 is 4.92 Å². The summed E-state index contributed by atoms with van der Waals surface area (Å²) in [6, 6.07) is 4.15. The van der Waals surface area contributed by atoms with E-state index >= 15 is 0 Å². The standard InChI is InChI=1S/C15H19NO4/c1-10-3-5-14(7-11(10)2)20-15-6-4-13(16(18)19)8-12(15)9-17/h4,6,8-11,14H,3,5,7H2,1-2H3. The maximum absolute atomic E-state index is 11.1. The van der Waals surface area contributed by atoms with E-state index in [2.05, 4.69) is 13.8 Å². The van der Waals surface area contributed by atoms with Gasteiger partial charge in [0.1, 0.15) is 5.75 Å². The molecular formula is C15H19NO4. The molecule has 1 saturated carbocycles. The number of nitro benzene ring substituents is 1. The van der Waals surface area contributed by atoms with Gasteiger partial charge in [0.15, 0.2) is 6.29 Å². The van der Waals surface area contributed by atoms with Gasteiger partial charge in [-0.25, -0.2) is 0 Å². The SMILES string of the molecule is CC1CCC(Oc2ccc([N+](=O)[O-])cc2C=O)CC1C. The fraction of sp³-hybridized carbons (Fsp3) is 0.533. The molecule has 108 valence electrons. The van der Waals surface area contributed by atoms with E-state index in [1.165, 1.54) is 18.2 Å². The number of benzene rings is 1. The molecular weight excluding hydrogens is 258 g/mol. The molecule has 1 aliphatic carbocycles. The molecule has 1 fully saturated rings. The lowest BCUT2D eigenvalue weighted by Crippen LogP contribution is -2.29. The number of aldehydes is 1. The van der Waals surface area contributed by atoms with Gasteiger partial charge in [0, 0.05) is 12.1 Å². The number of non-ortho nitro benzene ring substituents is 1. The molecule has 0 aromatic heterocycles. The summed E-state index contributed by atoms with van der Waals surface area (Å²) >= 11 is 0. The van der Waals surface area contributed by atoms with Gasteiger partial charge in [0.2, 0.25) is 0 Å². The normalized spacial score (nSPS) is 26.0. The first kappa shape index (κ1) is 14.5. The second-order valence-electron chi connectivity index (χ2n) is 5.60. The first-order valence-corrected chi connectivity index (χ1v) is 6.91. The summed E-state index contributed by atoms with van der Waals surface area (Å²) in [7, 11) is 0. The zero-order valence-electron chi connectivity index (χ0n) is 11.7. The van der Waals surface area contributed by atoms with E-state index in [0.29, 0.717) is 23.9 Å². The Morgan fingerprint density at radius 2 is 2.05 bits per heavy atom. The molecule has 2 rings (SSSR count). The van der Waals surface area contributed by atoms with Crippen LogP contribution < -0.4 is 4.74 Å². The van der Waals surface area contributed by atoms with Crippen molar-refractivity contribution in [3.05, 3.63) is 33.9 Å². The highest BCUT2D eigenvalue weighted by molar-refractivity contribution is 5.80. The summed E-state index contributed by atoms with van der Waals surface area (Å²) < 4.78 is 5.88. The van der Waals surface area contributed by atoms with Crippen molar-refractivity contribution in [2.75, 3.05) is 0 Å². The highest BCUT2D eigenvalue weighted by Crippen LogP contribution is 2.33. The zero-order chi connectivity index (χ0) is 14.7. The average Bonchev–Trinajstić information content (AvgIpc) is 2.43. The molecule has 1 aliphatic rings. The number of nitrogens with zero attached hydrogens (tertiary/aromatic N) is 1. The van der Waals surface area contributed by atoms with Crippen molar-refractivity contribution in [2.45, 2.75) is 39.2 Å². The molecule has 1 aromatic carbocycles. The van der Waals surface area contributed by atoms with E-state index in [1.54, 1.807) is 0 Å². The molecule has 0 saturated heterocycles. The summed E-state index contributed by atoms with van der Waals surface area (Å²) in [6.07, 6.45) is 3.71. The smallest absolute Gasteiger partial charge is 0.270 e. The Hall–Kier alpha value is -1.91. The van der Waals surface area contributed by atoms with Crippen LogP contribution in [0.4, 0.5) is 5.69 Å². The van der Waals surface area contributed by atoms with Crippen molar-refractivity contribution in [3.63, 3.8) is 0 Å². The van der Waals surface area contributed by atoms with Crippen LogP contribution in [-0.2, 0) is 0 Å². The van der Waals surface area contributed by atoms with E-state index in [-0.39, 0.29) is 17.4 Å². The van der Waals surface area contributed by atoms with Crippen LogP contribution in [0, 0.1) is 22.0 Å². The molecule has 5 nitrogen and oxygen atoms in total. The van der Waals surface area contributed by atoms with Crippen molar-refractivity contribution in [3.8, 4) is 5.75 Å². The fourth-order valence-corrected chi connectivity index (χ4v) is 2.63. The van der Waals surface area contributed by atoms with Gasteiger partial charge < -0.3 is 4.74 Å². The lowest BCUT2D eigenvalue weighted by atomic mass is 9.80. The van der Waals surface area contributed by atoms with Crippen LogP contribution >= 0.6 is 0 Å². The third-order valence-electron chi connectivity index (χ3n) is 4.17. The van der Waals surface area contributed by atoms with Crippen LogP contribution in [0.3, 0.4) is 0 Å². The minimum absolute atomic E-state index is 0.0846. The monoisotopic (exact) mass is 277 g/mol. The Bertz CT molecular complexity index is 515. The number of rotatable bonds is 4. The molecule has 0 amide bonds. The Morgan fingerprint density at radius 1 is 1.30 bits per heavy atom. The zero-order valence-corrected chi connectivity index (χ0v) is 11.7. The van der Waals surface area contributed by atoms with Gasteiger partial charge in [-0.2, -0.15) is 0 Å². The number of nitro groups is 1. The maximum atomic E-state index is 11.1. The Balaban J connectivity index is 2.13. The second-order valence-corrected chi connectivity index (χ2v) is 5.60. The third-order valence-corrected chi connectivity index (χ3v) is 4.17. The summed E-state index contributed by atoms with van der Waals surface area (Å²) in [5.74, 6) is 1.72.